The van der Waals surface area contributed by atoms with Gasteiger partial charge < -0.3 is 15.0 Å². The van der Waals surface area contributed by atoms with Crippen LogP contribution in [0.3, 0.4) is 0 Å². The van der Waals surface area contributed by atoms with Gasteiger partial charge in [-0.2, -0.15) is 0 Å². The molecular formula is C30H35N3O3. The Morgan fingerprint density at radius 2 is 1.53 bits per heavy atom. The number of carbonyl (C=O) groups is 2. The van der Waals surface area contributed by atoms with Gasteiger partial charge in [0.1, 0.15) is 12.4 Å². The highest BCUT2D eigenvalue weighted by atomic mass is 16.5. The van der Waals surface area contributed by atoms with Crippen molar-refractivity contribution in [1.29, 1.82) is 0 Å². The van der Waals surface area contributed by atoms with Crippen LogP contribution in [-0.4, -0.2) is 54.3 Å². The smallest absolute Gasteiger partial charge is 0.238 e. The lowest BCUT2D eigenvalue weighted by atomic mass is 10.1. The molecule has 1 heterocycles. The van der Waals surface area contributed by atoms with Crippen molar-refractivity contribution in [1.82, 2.24) is 9.80 Å². The molecule has 188 valence electrons. The zero-order valence-corrected chi connectivity index (χ0v) is 21.2. The Labute approximate surface area is 213 Å². The van der Waals surface area contributed by atoms with Crippen LogP contribution in [0, 0.1) is 13.8 Å². The Morgan fingerprint density at radius 3 is 2.25 bits per heavy atom. The highest BCUT2D eigenvalue weighted by Crippen LogP contribution is 2.19. The number of nitrogens with zero attached hydrogens (tertiary/aromatic N) is 2. The average Bonchev–Trinajstić information content (AvgIpc) is 3.12. The molecule has 0 unspecified atom stereocenters. The Hall–Kier alpha value is -3.64. The molecule has 0 spiro atoms. The van der Waals surface area contributed by atoms with Crippen molar-refractivity contribution in [3.8, 4) is 5.75 Å². The van der Waals surface area contributed by atoms with Gasteiger partial charge in [0.15, 0.2) is 0 Å². The molecule has 1 N–H and O–H groups in total. The summed E-state index contributed by atoms with van der Waals surface area (Å²) in [6.07, 6.45) is 1.22. The van der Waals surface area contributed by atoms with Crippen molar-refractivity contribution in [3.63, 3.8) is 0 Å². The van der Waals surface area contributed by atoms with Gasteiger partial charge >= 0.3 is 0 Å². The number of carbonyl (C=O) groups excluding carboxylic acids is 2. The molecule has 6 heteroatoms. The number of anilines is 1. The van der Waals surface area contributed by atoms with E-state index >= 15 is 0 Å². The average molecular weight is 486 g/mol. The van der Waals surface area contributed by atoms with Crippen LogP contribution in [0.1, 0.15) is 28.7 Å². The Kier molecular flexibility index (Phi) is 8.74. The fourth-order valence-corrected chi connectivity index (χ4v) is 4.50. The Morgan fingerprint density at radius 1 is 0.806 bits per heavy atom. The monoisotopic (exact) mass is 485 g/mol. The van der Waals surface area contributed by atoms with E-state index < -0.39 is 0 Å². The maximum Gasteiger partial charge on any atom is 0.238 e. The van der Waals surface area contributed by atoms with Gasteiger partial charge in [0.25, 0.3) is 0 Å². The number of rotatable bonds is 8. The minimum absolute atomic E-state index is 0.0123. The van der Waals surface area contributed by atoms with E-state index in [-0.39, 0.29) is 11.8 Å². The van der Waals surface area contributed by atoms with Crippen LogP contribution in [0.15, 0.2) is 72.8 Å². The van der Waals surface area contributed by atoms with Crippen LogP contribution in [0.2, 0.25) is 0 Å². The summed E-state index contributed by atoms with van der Waals surface area (Å²) in [6.45, 7) is 7.70. The normalized spacial score (nSPS) is 14.2. The first kappa shape index (κ1) is 25.5. The zero-order valence-electron chi connectivity index (χ0n) is 21.2. The standard InChI is InChI=1S/C30H35N3O3/c1-23-8-6-9-24(2)30(23)31-28(34)21-32-16-7-17-33(19-18-32)29(35)20-25-12-14-27(15-13-25)36-22-26-10-4-3-5-11-26/h3-6,8-15H,7,16-22H2,1-2H3,(H,31,34). The van der Waals surface area contributed by atoms with Crippen LogP contribution in [0.4, 0.5) is 5.69 Å². The summed E-state index contributed by atoms with van der Waals surface area (Å²) in [4.78, 5) is 29.7. The highest BCUT2D eigenvalue weighted by Gasteiger charge is 2.21. The van der Waals surface area contributed by atoms with Gasteiger partial charge in [-0.3, -0.25) is 14.5 Å². The summed E-state index contributed by atoms with van der Waals surface area (Å²) in [5, 5.41) is 3.06. The molecule has 1 saturated heterocycles. The molecule has 0 aromatic heterocycles. The fraction of sp³-hybridized carbons (Fsp3) is 0.333. The van der Waals surface area contributed by atoms with Crippen molar-refractivity contribution < 1.29 is 14.3 Å². The maximum atomic E-state index is 13.0. The van der Waals surface area contributed by atoms with E-state index in [1.807, 2.05) is 91.5 Å². The number of amides is 2. The molecule has 0 saturated carbocycles. The molecule has 0 atom stereocenters. The number of nitrogens with one attached hydrogen (secondary N) is 1. The third-order valence-corrected chi connectivity index (χ3v) is 6.58. The fourth-order valence-electron chi connectivity index (χ4n) is 4.50. The lowest BCUT2D eigenvalue weighted by Crippen LogP contribution is -2.38. The van der Waals surface area contributed by atoms with Gasteiger partial charge in [0, 0.05) is 31.9 Å². The van der Waals surface area contributed by atoms with Gasteiger partial charge in [-0.1, -0.05) is 60.7 Å². The van der Waals surface area contributed by atoms with Crippen molar-refractivity contribution in [2.24, 2.45) is 0 Å². The van der Waals surface area contributed by atoms with E-state index in [1.165, 1.54) is 0 Å². The van der Waals surface area contributed by atoms with Crippen molar-refractivity contribution in [2.75, 3.05) is 38.0 Å². The summed E-state index contributed by atoms with van der Waals surface area (Å²) in [5.74, 6) is 0.899. The van der Waals surface area contributed by atoms with E-state index in [9.17, 15) is 9.59 Å². The van der Waals surface area contributed by atoms with Crippen molar-refractivity contribution in [3.05, 3.63) is 95.1 Å². The summed E-state index contributed by atoms with van der Waals surface area (Å²) in [7, 11) is 0. The number of para-hydroxylation sites is 1. The molecule has 1 aliphatic rings. The van der Waals surface area contributed by atoms with Crippen LogP contribution >= 0.6 is 0 Å². The van der Waals surface area contributed by atoms with E-state index in [2.05, 4.69) is 10.2 Å². The van der Waals surface area contributed by atoms with Crippen LogP contribution in [0.5, 0.6) is 5.75 Å². The minimum Gasteiger partial charge on any atom is -0.489 e. The molecular weight excluding hydrogens is 450 g/mol. The number of benzene rings is 3. The first-order chi connectivity index (χ1) is 17.5. The van der Waals surface area contributed by atoms with Crippen molar-refractivity contribution in [2.45, 2.75) is 33.3 Å². The lowest BCUT2D eigenvalue weighted by molar-refractivity contribution is -0.130. The predicted octanol–water partition coefficient (Wildman–Crippen LogP) is 4.60. The molecule has 0 bridgehead atoms. The molecule has 36 heavy (non-hydrogen) atoms. The maximum absolute atomic E-state index is 13.0. The quantitative estimate of drug-likeness (QED) is 0.507. The van der Waals surface area contributed by atoms with Gasteiger partial charge in [-0.25, -0.2) is 0 Å². The number of ether oxygens (including phenoxy) is 1. The SMILES string of the molecule is Cc1cccc(C)c1NC(=O)CN1CCCN(C(=O)Cc2ccc(OCc3ccccc3)cc2)CC1. The Balaban J connectivity index is 1.23. The van der Waals surface area contributed by atoms with Crippen molar-refractivity contribution >= 4 is 17.5 Å². The van der Waals surface area contributed by atoms with Crippen LogP contribution in [-0.2, 0) is 22.6 Å². The Bertz CT molecular complexity index is 1140. The second kappa shape index (κ2) is 12.4. The largest absolute Gasteiger partial charge is 0.489 e. The predicted molar refractivity (Wildman–Crippen MR) is 143 cm³/mol. The minimum atomic E-state index is -0.0123. The van der Waals surface area contributed by atoms with E-state index in [4.69, 9.17) is 4.74 Å². The number of hydrogen-bond acceptors (Lipinski definition) is 4. The van der Waals surface area contributed by atoms with E-state index in [0.717, 1.165) is 46.7 Å². The van der Waals surface area contributed by atoms with Crippen LogP contribution in [0.25, 0.3) is 0 Å². The highest BCUT2D eigenvalue weighted by molar-refractivity contribution is 5.93. The first-order valence-corrected chi connectivity index (χ1v) is 12.6. The molecule has 3 aromatic rings. The third kappa shape index (κ3) is 7.18. The van der Waals surface area contributed by atoms with Gasteiger partial charge in [-0.15, -0.1) is 0 Å². The molecule has 0 aliphatic carbocycles. The number of hydrogen-bond donors (Lipinski definition) is 1. The van der Waals surface area contributed by atoms with E-state index in [0.29, 0.717) is 39.2 Å². The van der Waals surface area contributed by atoms with Gasteiger partial charge in [-0.05, 0) is 54.7 Å². The molecule has 1 fully saturated rings. The summed E-state index contributed by atoms with van der Waals surface area (Å²) < 4.78 is 5.85. The summed E-state index contributed by atoms with van der Waals surface area (Å²) >= 11 is 0. The zero-order chi connectivity index (χ0) is 25.3. The number of aryl methyl sites for hydroxylation is 2. The van der Waals surface area contributed by atoms with E-state index in [1.54, 1.807) is 0 Å². The molecule has 4 rings (SSSR count). The summed E-state index contributed by atoms with van der Waals surface area (Å²) in [6, 6.07) is 23.8. The van der Waals surface area contributed by atoms with Gasteiger partial charge in [0.2, 0.25) is 11.8 Å². The molecule has 0 radical (unpaired) electrons. The molecule has 1 aliphatic heterocycles. The second-order valence-corrected chi connectivity index (χ2v) is 9.42. The first-order valence-electron chi connectivity index (χ1n) is 12.6. The van der Waals surface area contributed by atoms with Crippen LogP contribution < -0.4 is 10.1 Å². The topological polar surface area (TPSA) is 61.9 Å². The molecule has 3 aromatic carbocycles. The van der Waals surface area contributed by atoms with Gasteiger partial charge in [0.05, 0.1) is 13.0 Å². The summed E-state index contributed by atoms with van der Waals surface area (Å²) in [5.41, 5.74) is 5.11. The third-order valence-electron chi connectivity index (χ3n) is 6.58. The second-order valence-electron chi connectivity index (χ2n) is 9.42. The molecule has 6 nitrogen and oxygen atoms in total. The molecule has 2 amide bonds. The lowest BCUT2D eigenvalue weighted by Gasteiger charge is -2.22.